The first-order valence-electron chi connectivity index (χ1n) is 9.66. The summed E-state index contributed by atoms with van der Waals surface area (Å²) < 4.78 is 32.5. The Morgan fingerprint density at radius 3 is 2.69 bits per heavy atom. The van der Waals surface area contributed by atoms with Crippen molar-refractivity contribution in [1.29, 1.82) is 0 Å². The molecule has 0 bridgehead atoms. The third-order valence-corrected chi connectivity index (χ3v) is 5.28. The molecule has 2 heterocycles. The predicted octanol–water partition coefficient (Wildman–Crippen LogP) is 2.90. The Morgan fingerprint density at radius 2 is 2.10 bits per heavy atom. The molecule has 0 unspecified atom stereocenters. The quantitative estimate of drug-likeness (QED) is 0.658. The topological polar surface area (TPSA) is 96.3 Å². The Morgan fingerprint density at radius 1 is 1.38 bits per heavy atom. The van der Waals surface area contributed by atoms with Gasteiger partial charge in [0.15, 0.2) is 0 Å². The van der Waals surface area contributed by atoms with E-state index in [0.29, 0.717) is 41.0 Å². The average Bonchev–Trinajstić information content (AvgIpc) is 3.35. The number of alkyl halides is 2. The van der Waals surface area contributed by atoms with Crippen LogP contribution in [0.2, 0.25) is 0 Å². The van der Waals surface area contributed by atoms with Crippen molar-refractivity contribution < 1.29 is 18.3 Å². The number of hydrogen-bond donors (Lipinski definition) is 3. The summed E-state index contributed by atoms with van der Waals surface area (Å²) in [6.07, 6.45) is 2.22. The van der Waals surface area contributed by atoms with E-state index >= 15 is 0 Å². The largest absolute Gasteiger partial charge is 0.491 e. The van der Waals surface area contributed by atoms with Crippen molar-refractivity contribution >= 4 is 17.4 Å². The fourth-order valence-electron chi connectivity index (χ4n) is 3.29. The highest BCUT2D eigenvalue weighted by Crippen LogP contribution is 2.39. The Balaban J connectivity index is 1.53. The first-order chi connectivity index (χ1) is 13.6. The molecular formula is C20H25F2N5O2. The number of hydrogen-bond acceptors (Lipinski definition) is 5. The number of nitrogens with zero attached hydrogens (tertiary/aromatic N) is 2. The van der Waals surface area contributed by atoms with Crippen molar-refractivity contribution in [1.82, 2.24) is 15.5 Å². The number of aromatic amines is 1. The smallest absolute Gasteiger partial charge is 0.282 e. The zero-order valence-electron chi connectivity index (χ0n) is 16.5. The second kappa shape index (κ2) is 6.89. The maximum Gasteiger partial charge on any atom is 0.282 e. The van der Waals surface area contributed by atoms with Crippen LogP contribution in [0.15, 0.2) is 24.3 Å². The fourth-order valence-corrected chi connectivity index (χ4v) is 3.29. The maximum atomic E-state index is 13.3. The van der Waals surface area contributed by atoms with Crippen LogP contribution in [0.4, 0.5) is 20.3 Å². The summed E-state index contributed by atoms with van der Waals surface area (Å²) in [4.78, 5) is 14.4. The Labute approximate surface area is 167 Å². The number of anilines is 2. The molecule has 1 aliphatic carbocycles. The van der Waals surface area contributed by atoms with Crippen LogP contribution in [0, 0.1) is 5.92 Å². The van der Waals surface area contributed by atoms with Crippen LogP contribution in [-0.4, -0.2) is 41.7 Å². The minimum Gasteiger partial charge on any atom is -0.491 e. The molecule has 2 aromatic rings. The molecule has 1 saturated heterocycles. The summed E-state index contributed by atoms with van der Waals surface area (Å²) in [7, 11) is 0. The van der Waals surface area contributed by atoms with Crippen molar-refractivity contribution in [3.63, 3.8) is 0 Å². The molecule has 9 heteroatoms. The first kappa shape index (κ1) is 19.5. The zero-order valence-corrected chi connectivity index (χ0v) is 16.5. The number of nitrogen functional groups attached to an aromatic ring is 1. The van der Waals surface area contributed by atoms with Gasteiger partial charge in [0.2, 0.25) is 0 Å². The van der Waals surface area contributed by atoms with E-state index in [9.17, 15) is 13.6 Å². The SMILES string of the molecule is CC(C)(NC(=O)c1ccc(N2CC(F)(F)C2)c(OCC2CC2)c1)c1cc(N)n[nH]1. The third kappa shape index (κ3) is 4.28. The summed E-state index contributed by atoms with van der Waals surface area (Å²) in [6, 6.07) is 6.59. The molecule has 4 N–H and O–H groups in total. The lowest BCUT2D eigenvalue weighted by atomic mass is 9.99. The molecule has 1 aromatic carbocycles. The Kier molecular flexibility index (Phi) is 4.63. The zero-order chi connectivity index (χ0) is 20.8. The van der Waals surface area contributed by atoms with E-state index in [1.165, 1.54) is 0 Å². The second-order valence-electron chi connectivity index (χ2n) is 8.43. The number of benzene rings is 1. The lowest BCUT2D eigenvalue weighted by Crippen LogP contribution is -2.56. The van der Waals surface area contributed by atoms with Crippen LogP contribution in [0.25, 0.3) is 0 Å². The van der Waals surface area contributed by atoms with Gasteiger partial charge in [-0.15, -0.1) is 0 Å². The van der Waals surface area contributed by atoms with Crippen LogP contribution < -0.4 is 20.7 Å². The number of rotatable bonds is 7. The molecular weight excluding hydrogens is 380 g/mol. The Hall–Kier alpha value is -2.84. The number of ether oxygens (including phenoxy) is 1. The van der Waals surface area contributed by atoms with Gasteiger partial charge in [-0.1, -0.05) is 0 Å². The van der Waals surface area contributed by atoms with Crippen LogP contribution in [0.1, 0.15) is 42.7 Å². The van der Waals surface area contributed by atoms with Gasteiger partial charge in [0, 0.05) is 11.6 Å². The number of nitrogens with two attached hydrogens (primary N) is 1. The molecule has 0 radical (unpaired) electrons. The van der Waals surface area contributed by atoms with E-state index in [2.05, 4.69) is 15.5 Å². The highest BCUT2D eigenvalue weighted by Gasteiger charge is 2.45. The molecule has 1 aliphatic heterocycles. The van der Waals surface area contributed by atoms with E-state index in [0.717, 1.165) is 12.8 Å². The molecule has 2 aliphatic rings. The van der Waals surface area contributed by atoms with Crippen LogP contribution in [0.5, 0.6) is 5.75 Å². The van der Waals surface area contributed by atoms with E-state index in [4.69, 9.17) is 10.5 Å². The van der Waals surface area contributed by atoms with Crippen LogP contribution >= 0.6 is 0 Å². The third-order valence-electron chi connectivity index (χ3n) is 5.28. The monoisotopic (exact) mass is 405 g/mol. The van der Waals surface area contributed by atoms with Gasteiger partial charge in [0.25, 0.3) is 11.8 Å². The molecule has 1 saturated carbocycles. The van der Waals surface area contributed by atoms with Crippen LogP contribution in [0.3, 0.4) is 0 Å². The average molecular weight is 405 g/mol. The lowest BCUT2D eigenvalue weighted by molar-refractivity contribution is -0.0265. The molecule has 4 rings (SSSR count). The molecule has 156 valence electrons. The standard InChI is InChI=1S/C20H25F2N5O2/c1-19(2,16-8-17(23)26-25-16)24-18(28)13-5-6-14(27-10-20(21,22)11-27)15(7-13)29-9-12-3-4-12/h5-8,12H,3-4,9-11H2,1-2H3,(H,24,28)(H3,23,25,26). The first-order valence-corrected chi connectivity index (χ1v) is 9.66. The predicted molar refractivity (Wildman–Crippen MR) is 105 cm³/mol. The molecule has 7 nitrogen and oxygen atoms in total. The van der Waals surface area contributed by atoms with E-state index in [1.807, 2.05) is 13.8 Å². The molecule has 0 spiro atoms. The number of carbonyl (C=O) groups is 1. The minimum absolute atomic E-state index is 0.306. The summed E-state index contributed by atoms with van der Waals surface area (Å²) >= 11 is 0. The fraction of sp³-hybridized carbons (Fsp3) is 0.500. The minimum atomic E-state index is -2.68. The highest BCUT2D eigenvalue weighted by atomic mass is 19.3. The van der Waals surface area contributed by atoms with Crippen molar-refractivity contribution in [3.05, 3.63) is 35.5 Å². The van der Waals surface area contributed by atoms with E-state index in [-0.39, 0.29) is 19.0 Å². The molecule has 1 aromatic heterocycles. The number of halogens is 2. The number of amides is 1. The molecule has 2 fully saturated rings. The normalized spacial score (nSPS) is 18.3. The van der Waals surface area contributed by atoms with Gasteiger partial charge in [-0.05, 0) is 50.8 Å². The van der Waals surface area contributed by atoms with Gasteiger partial charge in [0.05, 0.1) is 36.6 Å². The highest BCUT2D eigenvalue weighted by molar-refractivity contribution is 5.96. The molecule has 0 atom stereocenters. The number of H-pyrrole nitrogens is 1. The van der Waals surface area contributed by atoms with Gasteiger partial charge >= 0.3 is 0 Å². The van der Waals surface area contributed by atoms with Gasteiger partial charge < -0.3 is 20.7 Å². The van der Waals surface area contributed by atoms with Crippen molar-refractivity contribution in [3.8, 4) is 5.75 Å². The van der Waals surface area contributed by atoms with Crippen LogP contribution in [-0.2, 0) is 5.54 Å². The van der Waals surface area contributed by atoms with E-state index < -0.39 is 11.5 Å². The van der Waals surface area contributed by atoms with Gasteiger partial charge in [0.1, 0.15) is 11.6 Å². The van der Waals surface area contributed by atoms with Crippen molar-refractivity contribution in [2.24, 2.45) is 5.92 Å². The van der Waals surface area contributed by atoms with Crippen molar-refractivity contribution in [2.75, 3.05) is 30.3 Å². The van der Waals surface area contributed by atoms with Gasteiger partial charge in [-0.2, -0.15) is 5.10 Å². The summed E-state index contributed by atoms with van der Waals surface area (Å²) in [6.45, 7) is 3.51. The number of carbonyl (C=O) groups excluding carboxylic acids is 1. The summed E-state index contributed by atoms with van der Waals surface area (Å²) in [5, 5.41) is 9.65. The van der Waals surface area contributed by atoms with Crippen molar-refractivity contribution in [2.45, 2.75) is 38.2 Å². The van der Waals surface area contributed by atoms with Gasteiger partial charge in [-0.3, -0.25) is 9.89 Å². The second-order valence-corrected chi connectivity index (χ2v) is 8.43. The number of aromatic nitrogens is 2. The maximum absolute atomic E-state index is 13.3. The van der Waals surface area contributed by atoms with Gasteiger partial charge in [-0.25, -0.2) is 8.78 Å². The number of nitrogens with one attached hydrogen (secondary N) is 2. The summed E-state index contributed by atoms with van der Waals surface area (Å²) in [5.41, 5.74) is 6.59. The summed E-state index contributed by atoms with van der Waals surface area (Å²) in [5.74, 6) is -1.68. The molecule has 29 heavy (non-hydrogen) atoms. The van der Waals surface area contributed by atoms with E-state index in [1.54, 1.807) is 29.2 Å². The lowest BCUT2D eigenvalue weighted by Gasteiger charge is -2.41. The molecule has 1 amide bonds. The Bertz CT molecular complexity index is 915.